The van der Waals surface area contributed by atoms with Gasteiger partial charge in [-0.1, -0.05) is 24.3 Å². The van der Waals surface area contributed by atoms with Crippen LogP contribution in [0.3, 0.4) is 0 Å². The minimum atomic E-state index is -0.727. The van der Waals surface area contributed by atoms with E-state index < -0.39 is 11.9 Å². The van der Waals surface area contributed by atoms with Gasteiger partial charge in [-0.2, -0.15) is 10.3 Å². The Balaban J connectivity index is 1.86. The Morgan fingerprint density at radius 1 is 1.38 bits per heavy atom. The number of hydrogen-bond acceptors (Lipinski definition) is 5. The molecule has 0 saturated carbocycles. The second-order valence-electron chi connectivity index (χ2n) is 5.91. The number of benzene rings is 2. The number of nitrogens with zero attached hydrogens (tertiary/aromatic N) is 3. The quantitative estimate of drug-likeness (QED) is 0.841. The topological polar surface area (TPSA) is 93.6 Å². The van der Waals surface area contributed by atoms with Gasteiger partial charge in [-0.15, -0.1) is 0 Å². The normalized spacial score (nSPS) is 16.5. The van der Waals surface area contributed by atoms with Gasteiger partial charge >= 0.3 is 0 Å². The van der Waals surface area contributed by atoms with Crippen LogP contribution < -0.4 is 15.7 Å². The van der Waals surface area contributed by atoms with Gasteiger partial charge in [0.2, 0.25) is 0 Å². The number of rotatable bonds is 3. The SMILES string of the molecule is CN(Cc1ccc2c(c1)C[C@H](N)C(=O)N2O)c1ccccc1C#N. The second-order valence-corrected chi connectivity index (χ2v) is 5.91. The van der Waals surface area contributed by atoms with E-state index >= 15 is 0 Å². The third-order valence-electron chi connectivity index (χ3n) is 4.19. The highest BCUT2D eigenvalue weighted by molar-refractivity contribution is 5.98. The molecular formula is C18H18N4O2. The zero-order valence-electron chi connectivity index (χ0n) is 13.3. The van der Waals surface area contributed by atoms with Crippen LogP contribution in [0.5, 0.6) is 0 Å². The number of carbonyl (C=O) groups is 1. The van der Waals surface area contributed by atoms with Crippen molar-refractivity contribution >= 4 is 17.3 Å². The predicted octanol–water partition coefficient (Wildman–Crippen LogP) is 1.80. The van der Waals surface area contributed by atoms with Crippen molar-refractivity contribution < 1.29 is 10.0 Å². The van der Waals surface area contributed by atoms with E-state index in [4.69, 9.17) is 5.73 Å². The Morgan fingerprint density at radius 2 is 2.12 bits per heavy atom. The van der Waals surface area contributed by atoms with Crippen LogP contribution in [0.4, 0.5) is 11.4 Å². The van der Waals surface area contributed by atoms with Gasteiger partial charge in [0.1, 0.15) is 6.07 Å². The molecule has 122 valence electrons. The average Bonchev–Trinajstić information content (AvgIpc) is 2.59. The summed E-state index contributed by atoms with van der Waals surface area (Å²) in [5, 5.41) is 19.7. The van der Waals surface area contributed by atoms with Crippen LogP contribution in [0, 0.1) is 11.3 Å². The van der Waals surface area contributed by atoms with Gasteiger partial charge in [0.15, 0.2) is 0 Å². The van der Waals surface area contributed by atoms with E-state index in [1.807, 2.05) is 42.3 Å². The molecule has 2 aromatic rings. The third kappa shape index (κ3) is 2.83. The summed E-state index contributed by atoms with van der Waals surface area (Å²) >= 11 is 0. The standard InChI is InChI=1S/C18H18N4O2/c1-21(16-5-3-2-4-13(16)10-19)11-12-6-7-17-14(8-12)9-15(20)18(23)22(17)24/h2-8,15,24H,9,11,20H2,1H3/t15-/m0/s1. The molecule has 24 heavy (non-hydrogen) atoms. The lowest BCUT2D eigenvalue weighted by atomic mass is 9.97. The van der Waals surface area contributed by atoms with Gasteiger partial charge in [0, 0.05) is 13.6 Å². The van der Waals surface area contributed by atoms with Crippen LogP contribution in [-0.2, 0) is 17.8 Å². The zero-order chi connectivity index (χ0) is 17.3. The Morgan fingerprint density at radius 3 is 2.88 bits per heavy atom. The molecule has 0 unspecified atom stereocenters. The number of hydrogen-bond donors (Lipinski definition) is 2. The van der Waals surface area contributed by atoms with Gasteiger partial charge in [-0.3, -0.25) is 10.0 Å². The number of hydroxylamine groups is 1. The molecule has 0 fully saturated rings. The maximum absolute atomic E-state index is 11.7. The number of amides is 1. The number of nitrogens with two attached hydrogens (primary N) is 1. The summed E-state index contributed by atoms with van der Waals surface area (Å²) in [6.45, 7) is 0.598. The van der Waals surface area contributed by atoms with Crippen molar-refractivity contribution in [2.24, 2.45) is 5.73 Å². The van der Waals surface area contributed by atoms with Gasteiger partial charge in [0.25, 0.3) is 5.91 Å². The number of nitriles is 1. The monoisotopic (exact) mass is 322 g/mol. The summed E-state index contributed by atoms with van der Waals surface area (Å²) in [4.78, 5) is 13.7. The number of anilines is 2. The maximum atomic E-state index is 11.7. The summed E-state index contributed by atoms with van der Waals surface area (Å²) in [5.41, 5.74) is 9.57. The molecule has 0 spiro atoms. The average molecular weight is 322 g/mol. The van der Waals surface area contributed by atoms with Crippen LogP contribution in [0.25, 0.3) is 0 Å². The van der Waals surface area contributed by atoms with Crippen LogP contribution >= 0.6 is 0 Å². The summed E-state index contributed by atoms with van der Waals surface area (Å²) in [5.74, 6) is -0.490. The maximum Gasteiger partial charge on any atom is 0.267 e. The van der Waals surface area contributed by atoms with Crippen molar-refractivity contribution in [1.29, 1.82) is 5.26 Å². The van der Waals surface area contributed by atoms with E-state index in [1.54, 1.807) is 12.1 Å². The van der Waals surface area contributed by atoms with Crippen molar-refractivity contribution in [3.8, 4) is 6.07 Å². The smallest absolute Gasteiger partial charge is 0.267 e. The van der Waals surface area contributed by atoms with E-state index in [0.29, 0.717) is 29.3 Å². The van der Waals surface area contributed by atoms with E-state index in [1.165, 1.54) is 0 Å². The van der Waals surface area contributed by atoms with E-state index in [0.717, 1.165) is 16.8 Å². The zero-order valence-corrected chi connectivity index (χ0v) is 13.3. The lowest BCUT2D eigenvalue weighted by molar-refractivity contribution is -0.125. The lowest BCUT2D eigenvalue weighted by Gasteiger charge is -2.28. The van der Waals surface area contributed by atoms with Crippen molar-refractivity contribution in [2.45, 2.75) is 19.0 Å². The fourth-order valence-electron chi connectivity index (χ4n) is 2.97. The molecule has 0 aliphatic carbocycles. The molecule has 1 aliphatic rings. The molecular weight excluding hydrogens is 304 g/mol. The van der Waals surface area contributed by atoms with Crippen LogP contribution in [-0.4, -0.2) is 24.2 Å². The number of carbonyl (C=O) groups excluding carboxylic acids is 1. The molecule has 2 aromatic carbocycles. The summed E-state index contributed by atoms with van der Waals surface area (Å²) < 4.78 is 0. The molecule has 1 atom stereocenters. The van der Waals surface area contributed by atoms with Gasteiger partial charge in [-0.25, -0.2) is 0 Å². The minimum absolute atomic E-state index is 0.400. The van der Waals surface area contributed by atoms with E-state index in [-0.39, 0.29) is 0 Å². The minimum Gasteiger partial charge on any atom is -0.369 e. The summed E-state index contributed by atoms with van der Waals surface area (Å²) in [7, 11) is 1.92. The van der Waals surface area contributed by atoms with Crippen molar-refractivity contribution in [2.75, 3.05) is 17.0 Å². The Bertz CT molecular complexity index is 828. The Hall–Kier alpha value is -2.88. The van der Waals surface area contributed by atoms with E-state index in [9.17, 15) is 15.3 Å². The largest absolute Gasteiger partial charge is 0.369 e. The molecule has 1 heterocycles. The fraction of sp³-hybridized carbons (Fsp3) is 0.222. The van der Waals surface area contributed by atoms with Crippen LogP contribution in [0.1, 0.15) is 16.7 Å². The van der Waals surface area contributed by atoms with Crippen molar-refractivity contribution in [3.63, 3.8) is 0 Å². The predicted molar refractivity (Wildman–Crippen MR) is 90.7 cm³/mol. The first-order valence-electron chi connectivity index (χ1n) is 7.61. The Kier molecular flexibility index (Phi) is 4.21. The highest BCUT2D eigenvalue weighted by Gasteiger charge is 2.29. The van der Waals surface area contributed by atoms with Crippen molar-refractivity contribution in [3.05, 3.63) is 59.2 Å². The first-order valence-corrected chi connectivity index (χ1v) is 7.61. The van der Waals surface area contributed by atoms with Gasteiger partial charge in [-0.05, 0) is 35.7 Å². The Labute approximate surface area is 140 Å². The molecule has 1 aliphatic heterocycles. The van der Waals surface area contributed by atoms with Gasteiger partial charge in [0.05, 0.1) is 23.0 Å². The third-order valence-corrected chi connectivity index (χ3v) is 4.19. The lowest BCUT2D eigenvalue weighted by Crippen LogP contribution is -2.47. The first kappa shape index (κ1) is 16.0. The number of fused-ring (bicyclic) bond motifs is 1. The van der Waals surface area contributed by atoms with Crippen LogP contribution in [0.15, 0.2) is 42.5 Å². The molecule has 0 radical (unpaired) electrons. The molecule has 6 nitrogen and oxygen atoms in total. The molecule has 3 N–H and O–H groups in total. The molecule has 0 bridgehead atoms. The highest BCUT2D eigenvalue weighted by atomic mass is 16.5. The van der Waals surface area contributed by atoms with Gasteiger partial charge < -0.3 is 10.6 Å². The molecule has 0 saturated heterocycles. The molecule has 0 aromatic heterocycles. The molecule has 6 heteroatoms. The van der Waals surface area contributed by atoms with Crippen LogP contribution in [0.2, 0.25) is 0 Å². The first-order chi connectivity index (χ1) is 11.5. The fourth-order valence-corrected chi connectivity index (χ4v) is 2.97. The summed E-state index contributed by atoms with van der Waals surface area (Å²) in [6, 6.07) is 14.4. The highest BCUT2D eigenvalue weighted by Crippen LogP contribution is 2.28. The summed E-state index contributed by atoms with van der Waals surface area (Å²) in [6.07, 6.45) is 0.400. The molecule has 3 rings (SSSR count). The molecule has 1 amide bonds. The van der Waals surface area contributed by atoms with Crippen molar-refractivity contribution in [1.82, 2.24) is 0 Å². The number of para-hydroxylation sites is 1. The second kappa shape index (κ2) is 6.32. The van der Waals surface area contributed by atoms with E-state index in [2.05, 4.69) is 6.07 Å².